The molecule has 3 nitrogen and oxygen atoms in total. The molecule has 0 aromatic rings. The number of nitrogens with one attached hydrogen (secondary N) is 2. The molecular weight excluding hydrogens is 182 g/mol. The van der Waals surface area contributed by atoms with E-state index in [1.165, 1.54) is 0 Å². The van der Waals surface area contributed by atoms with Gasteiger partial charge in [0.1, 0.15) is 0 Å². The molecule has 0 aliphatic carbocycles. The van der Waals surface area contributed by atoms with Crippen molar-refractivity contribution >= 4 is 23.7 Å². The summed E-state index contributed by atoms with van der Waals surface area (Å²) in [6.45, 7) is 2.15. The van der Waals surface area contributed by atoms with Crippen LogP contribution in [0.1, 0.15) is 13.3 Å². The molecule has 13 heavy (non-hydrogen) atoms. The molecule has 1 aliphatic heterocycles. The lowest BCUT2D eigenvalue weighted by Crippen LogP contribution is -2.31. The van der Waals surface area contributed by atoms with Crippen LogP contribution >= 0.6 is 12.2 Å². The Morgan fingerprint density at radius 2 is 2.46 bits per heavy atom. The third-order valence-electron chi connectivity index (χ3n) is 1.78. The summed E-state index contributed by atoms with van der Waals surface area (Å²) >= 11 is 5.03. The Hall–Kier alpha value is -1.16. The van der Waals surface area contributed by atoms with Gasteiger partial charge in [-0.25, -0.2) is 0 Å². The van der Waals surface area contributed by atoms with Gasteiger partial charge in [-0.2, -0.15) is 0 Å². The quantitative estimate of drug-likeness (QED) is 0.381. The molecule has 1 aliphatic rings. The smallest absolute Gasteiger partial charge is 0.182 e. The molecule has 4 heteroatoms. The molecule has 0 bridgehead atoms. The zero-order valence-electron chi connectivity index (χ0n) is 7.53. The van der Waals surface area contributed by atoms with Crippen LogP contribution in [0, 0.1) is 11.3 Å². The zero-order valence-corrected chi connectivity index (χ0v) is 8.34. The first-order valence-corrected chi connectivity index (χ1v) is 4.57. The van der Waals surface area contributed by atoms with Gasteiger partial charge in [0.2, 0.25) is 0 Å². The zero-order chi connectivity index (χ0) is 9.68. The van der Waals surface area contributed by atoms with Crippen molar-refractivity contribution in [2.45, 2.75) is 13.3 Å². The van der Waals surface area contributed by atoms with Gasteiger partial charge in [-0.05, 0) is 24.6 Å². The monoisotopic (exact) mass is 195 g/mol. The Balaban J connectivity index is 2.64. The van der Waals surface area contributed by atoms with Crippen molar-refractivity contribution in [1.82, 2.24) is 10.2 Å². The second kappa shape index (κ2) is 4.77. The van der Waals surface area contributed by atoms with E-state index in [1.54, 1.807) is 4.90 Å². The maximum Gasteiger partial charge on any atom is 0.182 e. The summed E-state index contributed by atoms with van der Waals surface area (Å²) in [7, 11) is 0. The fourth-order valence-electron chi connectivity index (χ4n) is 1.03. The summed E-state index contributed by atoms with van der Waals surface area (Å²) in [4.78, 5) is 1.80. The minimum Gasteiger partial charge on any atom is -0.323 e. The standard InChI is InChI=1S/C9H13N3S/c1-8-3-2-5-12(6-4-8)9(13)11-7-10/h2,4-8H,3H2,1H3,(H2,10,11,13). The van der Waals surface area contributed by atoms with Crippen molar-refractivity contribution < 1.29 is 0 Å². The first-order chi connectivity index (χ1) is 6.24. The van der Waals surface area contributed by atoms with Gasteiger partial charge in [-0.1, -0.05) is 19.1 Å². The van der Waals surface area contributed by atoms with E-state index in [-0.39, 0.29) is 0 Å². The number of thiocarbonyl (C=S) groups is 1. The third kappa shape index (κ3) is 2.99. The van der Waals surface area contributed by atoms with E-state index in [0.29, 0.717) is 11.0 Å². The molecule has 1 unspecified atom stereocenters. The molecule has 0 amide bonds. The fraction of sp³-hybridized carbons (Fsp3) is 0.333. The van der Waals surface area contributed by atoms with Gasteiger partial charge < -0.3 is 10.2 Å². The summed E-state index contributed by atoms with van der Waals surface area (Å²) in [6.07, 6.45) is 10.1. The van der Waals surface area contributed by atoms with Crippen molar-refractivity contribution in [2.24, 2.45) is 5.92 Å². The van der Waals surface area contributed by atoms with Gasteiger partial charge in [0, 0.05) is 12.4 Å². The van der Waals surface area contributed by atoms with E-state index in [1.807, 2.05) is 12.4 Å². The lowest BCUT2D eigenvalue weighted by Gasteiger charge is -2.14. The average Bonchev–Trinajstić information content (AvgIpc) is 2.30. The molecule has 0 fully saturated rings. The Morgan fingerprint density at radius 3 is 3.15 bits per heavy atom. The molecule has 1 atom stereocenters. The van der Waals surface area contributed by atoms with Crippen LogP contribution in [0.2, 0.25) is 0 Å². The molecule has 70 valence electrons. The highest BCUT2D eigenvalue weighted by atomic mass is 32.1. The van der Waals surface area contributed by atoms with Crippen LogP contribution < -0.4 is 5.32 Å². The topological polar surface area (TPSA) is 39.1 Å². The second-order valence-electron chi connectivity index (χ2n) is 2.94. The minimum atomic E-state index is 0.525. The number of allylic oxidation sites excluding steroid dienone is 2. The Labute approximate surface area is 83.6 Å². The van der Waals surface area contributed by atoms with Crippen LogP contribution in [0.3, 0.4) is 0 Å². The molecule has 1 heterocycles. The number of nitrogens with zero attached hydrogens (tertiary/aromatic N) is 1. The molecule has 0 radical (unpaired) electrons. The van der Waals surface area contributed by atoms with Crippen LogP contribution in [-0.4, -0.2) is 16.4 Å². The van der Waals surface area contributed by atoms with Crippen molar-refractivity contribution in [3.63, 3.8) is 0 Å². The van der Waals surface area contributed by atoms with Crippen LogP contribution in [0.4, 0.5) is 0 Å². The highest BCUT2D eigenvalue weighted by Gasteiger charge is 2.04. The molecule has 0 aromatic heterocycles. The first kappa shape index (κ1) is 9.92. The van der Waals surface area contributed by atoms with E-state index < -0.39 is 0 Å². The molecule has 0 saturated heterocycles. The Kier molecular flexibility index (Phi) is 3.64. The average molecular weight is 195 g/mol. The number of rotatable bonds is 1. The largest absolute Gasteiger partial charge is 0.323 e. The highest BCUT2D eigenvalue weighted by molar-refractivity contribution is 7.80. The van der Waals surface area contributed by atoms with E-state index in [9.17, 15) is 0 Å². The highest BCUT2D eigenvalue weighted by Crippen LogP contribution is 2.10. The number of hydrogen-bond donors (Lipinski definition) is 2. The lowest BCUT2D eigenvalue weighted by molar-refractivity contribution is 0.736. The van der Waals surface area contributed by atoms with E-state index in [2.05, 4.69) is 24.4 Å². The van der Waals surface area contributed by atoms with Gasteiger partial charge in [-0.3, -0.25) is 5.41 Å². The maximum absolute atomic E-state index is 6.85. The Bertz CT molecular complexity index is 258. The van der Waals surface area contributed by atoms with Crippen LogP contribution in [0.15, 0.2) is 24.6 Å². The molecular formula is C9H13N3S. The molecule has 0 saturated carbocycles. The minimum absolute atomic E-state index is 0.525. The van der Waals surface area contributed by atoms with Gasteiger partial charge in [0.25, 0.3) is 0 Å². The summed E-state index contributed by atoms with van der Waals surface area (Å²) in [6, 6.07) is 0. The lowest BCUT2D eigenvalue weighted by atomic mass is 10.1. The second-order valence-corrected chi connectivity index (χ2v) is 3.33. The summed E-state index contributed by atoms with van der Waals surface area (Å²) in [5.41, 5.74) is 0. The summed E-state index contributed by atoms with van der Waals surface area (Å²) < 4.78 is 0. The predicted octanol–water partition coefficient (Wildman–Crippen LogP) is 1.84. The van der Waals surface area contributed by atoms with Crippen molar-refractivity contribution in [3.8, 4) is 0 Å². The molecule has 0 aromatic carbocycles. The van der Waals surface area contributed by atoms with Crippen molar-refractivity contribution in [2.75, 3.05) is 0 Å². The van der Waals surface area contributed by atoms with Crippen molar-refractivity contribution in [1.29, 1.82) is 5.41 Å². The van der Waals surface area contributed by atoms with Crippen LogP contribution in [-0.2, 0) is 0 Å². The van der Waals surface area contributed by atoms with Crippen LogP contribution in [0.25, 0.3) is 0 Å². The summed E-state index contributed by atoms with van der Waals surface area (Å²) in [5, 5.41) is 10.0. The molecule has 1 rings (SSSR count). The van der Waals surface area contributed by atoms with Crippen molar-refractivity contribution in [3.05, 3.63) is 24.6 Å². The maximum atomic E-state index is 6.85. The summed E-state index contributed by atoms with van der Waals surface area (Å²) in [5.74, 6) is 0.545. The van der Waals surface area contributed by atoms with Crippen LogP contribution in [0.5, 0.6) is 0 Å². The SMILES string of the molecule is CC1C=CN(C(=S)NC=N)C=CC1. The fourth-order valence-corrected chi connectivity index (χ4v) is 1.21. The van der Waals surface area contributed by atoms with Gasteiger partial charge in [0.15, 0.2) is 5.11 Å². The number of hydrogen-bond acceptors (Lipinski definition) is 2. The van der Waals surface area contributed by atoms with E-state index >= 15 is 0 Å². The van der Waals surface area contributed by atoms with Gasteiger partial charge in [0.05, 0.1) is 6.34 Å². The molecule has 2 N–H and O–H groups in total. The van der Waals surface area contributed by atoms with E-state index in [0.717, 1.165) is 12.8 Å². The normalized spacial score (nSPS) is 21.0. The van der Waals surface area contributed by atoms with E-state index in [4.69, 9.17) is 17.6 Å². The third-order valence-corrected chi connectivity index (χ3v) is 2.11. The molecule has 0 spiro atoms. The predicted molar refractivity (Wildman–Crippen MR) is 58.4 cm³/mol. The first-order valence-electron chi connectivity index (χ1n) is 4.17. The van der Waals surface area contributed by atoms with Gasteiger partial charge >= 0.3 is 0 Å². The van der Waals surface area contributed by atoms with Gasteiger partial charge in [-0.15, -0.1) is 0 Å². The Morgan fingerprint density at radius 1 is 1.69 bits per heavy atom.